The molecule has 0 amide bonds. The molecule has 3 fully saturated rings. The number of carbonyl (C=O) groups excluding carboxylic acids is 1. The van der Waals surface area contributed by atoms with Crippen molar-refractivity contribution in [3.05, 3.63) is 11.6 Å². The van der Waals surface area contributed by atoms with Gasteiger partial charge in [0.1, 0.15) is 0 Å². The van der Waals surface area contributed by atoms with Crippen molar-refractivity contribution in [2.75, 3.05) is 6.61 Å². The topological polar surface area (TPSA) is 26.3 Å². The molecule has 0 aliphatic heterocycles. The predicted molar refractivity (Wildman–Crippen MR) is 138 cm³/mol. The molecule has 2 heteroatoms. The van der Waals surface area contributed by atoms with Gasteiger partial charge in [-0.25, -0.2) is 0 Å². The lowest BCUT2D eigenvalue weighted by atomic mass is 9.48. The molecule has 0 aromatic rings. The molecule has 0 saturated heterocycles. The SMILES string of the molecule is CC(=O)OCC[C@H](CC[C@@H](C)[C@H]1CC[C@H]2C3=CCC4CCCC[C@]4(C)[C@H]3CC[C@]12C)C(C)C. The highest BCUT2D eigenvalue weighted by atomic mass is 16.5. The number of rotatable bonds is 8. The van der Waals surface area contributed by atoms with E-state index in [1.807, 2.05) is 5.57 Å². The van der Waals surface area contributed by atoms with E-state index < -0.39 is 0 Å². The van der Waals surface area contributed by atoms with Crippen LogP contribution in [0.25, 0.3) is 0 Å². The Morgan fingerprint density at radius 1 is 0.970 bits per heavy atom. The van der Waals surface area contributed by atoms with Crippen molar-refractivity contribution < 1.29 is 9.53 Å². The molecule has 0 N–H and O–H groups in total. The van der Waals surface area contributed by atoms with E-state index in [1.165, 1.54) is 77.6 Å². The maximum absolute atomic E-state index is 11.2. The Kier molecular flexibility index (Phi) is 7.72. The zero-order valence-corrected chi connectivity index (χ0v) is 22.6. The predicted octanol–water partition coefficient (Wildman–Crippen LogP) is 8.60. The molecule has 1 unspecified atom stereocenters. The maximum Gasteiger partial charge on any atom is 0.302 e. The van der Waals surface area contributed by atoms with Crippen LogP contribution in [-0.2, 0) is 9.53 Å². The third-order valence-corrected chi connectivity index (χ3v) is 11.5. The van der Waals surface area contributed by atoms with Gasteiger partial charge in [0, 0.05) is 6.92 Å². The first kappa shape index (κ1) is 25.3. The Morgan fingerprint density at radius 2 is 1.73 bits per heavy atom. The minimum absolute atomic E-state index is 0.142. The smallest absolute Gasteiger partial charge is 0.302 e. The van der Waals surface area contributed by atoms with E-state index in [0.717, 1.165) is 36.0 Å². The number of fused-ring (bicyclic) bond motifs is 5. The second-order valence-corrected chi connectivity index (χ2v) is 13.4. The van der Waals surface area contributed by atoms with Crippen molar-refractivity contribution in [3.8, 4) is 0 Å². The van der Waals surface area contributed by atoms with Crippen LogP contribution in [0.15, 0.2) is 11.6 Å². The van der Waals surface area contributed by atoms with Gasteiger partial charge in [0.2, 0.25) is 0 Å². The second kappa shape index (κ2) is 10.1. The summed E-state index contributed by atoms with van der Waals surface area (Å²) in [5.41, 5.74) is 3.03. The van der Waals surface area contributed by atoms with Gasteiger partial charge in [0.05, 0.1) is 6.61 Å². The van der Waals surface area contributed by atoms with Crippen LogP contribution in [0.1, 0.15) is 119 Å². The monoisotopic (exact) mass is 456 g/mol. The molecule has 0 radical (unpaired) electrons. The first-order valence-electron chi connectivity index (χ1n) is 14.5. The Bertz CT molecular complexity index is 722. The number of allylic oxidation sites excluding steroid dienone is 2. The maximum atomic E-state index is 11.2. The fourth-order valence-corrected chi connectivity index (χ4v) is 9.36. The van der Waals surface area contributed by atoms with Crippen molar-refractivity contribution in [2.24, 2.45) is 52.3 Å². The molecule has 2 nitrogen and oxygen atoms in total. The Morgan fingerprint density at radius 3 is 2.45 bits per heavy atom. The first-order chi connectivity index (χ1) is 15.7. The molecular formula is C31H52O2. The van der Waals surface area contributed by atoms with Gasteiger partial charge < -0.3 is 4.74 Å². The van der Waals surface area contributed by atoms with Gasteiger partial charge in [-0.15, -0.1) is 0 Å². The highest BCUT2D eigenvalue weighted by Gasteiger charge is 2.57. The number of carbonyl (C=O) groups is 1. The molecule has 0 spiro atoms. The van der Waals surface area contributed by atoms with Crippen LogP contribution in [-0.4, -0.2) is 12.6 Å². The van der Waals surface area contributed by atoms with Gasteiger partial charge >= 0.3 is 5.97 Å². The van der Waals surface area contributed by atoms with Crippen molar-refractivity contribution in [2.45, 2.75) is 119 Å². The van der Waals surface area contributed by atoms with E-state index in [4.69, 9.17) is 4.74 Å². The average Bonchev–Trinajstić information content (AvgIpc) is 3.12. The van der Waals surface area contributed by atoms with E-state index >= 15 is 0 Å². The normalized spacial score (nSPS) is 39.8. The summed E-state index contributed by atoms with van der Waals surface area (Å²) in [6, 6.07) is 0. The summed E-state index contributed by atoms with van der Waals surface area (Å²) in [4.78, 5) is 11.2. The largest absolute Gasteiger partial charge is 0.466 e. The molecule has 188 valence electrons. The molecule has 0 aromatic carbocycles. The van der Waals surface area contributed by atoms with E-state index in [0.29, 0.717) is 29.3 Å². The molecule has 0 bridgehead atoms. The van der Waals surface area contributed by atoms with Gasteiger partial charge in [-0.2, -0.15) is 0 Å². The second-order valence-electron chi connectivity index (χ2n) is 13.4. The summed E-state index contributed by atoms with van der Waals surface area (Å²) in [5.74, 6) is 5.56. The minimum Gasteiger partial charge on any atom is -0.466 e. The van der Waals surface area contributed by atoms with Crippen LogP contribution >= 0.6 is 0 Å². The summed E-state index contributed by atoms with van der Waals surface area (Å²) in [6.07, 6.45) is 19.4. The quantitative estimate of drug-likeness (QED) is 0.270. The number of hydrogen-bond acceptors (Lipinski definition) is 2. The van der Waals surface area contributed by atoms with E-state index in [9.17, 15) is 4.79 Å². The Labute approximate surface area is 204 Å². The number of hydrogen-bond donors (Lipinski definition) is 0. The zero-order chi connectivity index (χ0) is 23.8. The van der Waals surface area contributed by atoms with Gasteiger partial charge in [0.15, 0.2) is 0 Å². The summed E-state index contributed by atoms with van der Waals surface area (Å²) in [5, 5.41) is 0. The minimum atomic E-state index is -0.142. The average molecular weight is 457 g/mol. The van der Waals surface area contributed by atoms with Crippen LogP contribution in [0, 0.1) is 52.3 Å². The molecular weight excluding hydrogens is 404 g/mol. The van der Waals surface area contributed by atoms with Gasteiger partial charge in [-0.05, 0) is 110 Å². The molecule has 33 heavy (non-hydrogen) atoms. The number of ether oxygens (including phenoxy) is 1. The summed E-state index contributed by atoms with van der Waals surface area (Å²) in [7, 11) is 0. The van der Waals surface area contributed by atoms with E-state index in [2.05, 4.69) is 40.7 Å². The van der Waals surface area contributed by atoms with Crippen LogP contribution in [0.4, 0.5) is 0 Å². The van der Waals surface area contributed by atoms with Crippen LogP contribution in [0.2, 0.25) is 0 Å². The standard InChI is InChI=1S/C31H52O2/c1-21(2)24(17-20-33-23(4)32)11-10-22(3)27-14-15-28-26-13-12-25-9-7-8-18-30(25,5)29(26)16-19-31(27,28)6/h13,21-22,24-25,27-29H,7-12,14-20H2,1-6H3/t22-,24+,25?,27-,28+,29+,30+,31-/m1/s1. The van der Waals surface area contributed by atoms with Crippen molar-refractivity contribution in [1.82, 2.24) is 0 Å². The molecule has 8 atom stereocenters. The fourth-order valence-electron chi connectivity index (χ4n) is 9.36. The van der Waals surface area contributed by atoms with Crippen LogP contribution in [0.3, 0.4) is 0 Å². The summed E-state index contributed by atoms with van der Waals surface area (Å²) in [6.45, 7) is 14.7. The first-order valence-corrected chi connectivity index (χ1v) is 14.5. The van der Waals surface area contributed by atoms with Crippen molar-refractivity contribution >= 4 is 5.97 Å². The lowest BCUT2D eigenvalue weighted by Crippen LogP contribution is -2.48. The van der Waals surface area contributed by atoms with Gasteiger partial charge in [-0.3, -0.25) is 4.79 Å². The third kappa shape index (κ3) is 4.84. The molecule has 3 saturated carbocycles. The van der Waals surface area contributed by atoms with Gasteiger partial charge in [0.25, 0.3) is 0 Å². The van der Waals surface area contributed by atoms with Crippen LogP contribution < -0.4 is 0 Å². The lowest BCUT2D eigenvalue weighted by molar-refractivity contribution is -0.141. The van der Waals surface area contributed by atoms with E-state index in [1.54, 1.807) is 0 Å². The summed E-state index contributed by atoms with van der Waals surface area (Å²) >= 11 is 0. The Hall–Kier alpha value is -0.790. The third-order valence-electron chi connectivity index (χ3n) is 11.5. The zero-order valence-electron chi connectivity index (χ0n) is 22.6. The molecule has 0 heterocycles. The fraction of sp³-hybridized carbons (Fsp3) is 0.903. The van der Waals surface area contributed by atoms with Crippen molar-refractivity contribution in [3.63, 3.8) is 0 Å². The highest BCUT2D eigenvalue weighted by molar-refractivity contribution is 5.65. The van der Waals surface area contributed by atoms with Crippen molar-refractivity contribution in [1.29, 1.82) is 0 Å². The van der Waals surface area contributed by atoms with E-state index in [-0.39, 0.29) is 5.97 Å². The molecule has 4 aliphatic rings. The lowest BCUT2D eigenvalue weighted by Gasteiger charge is -2.57. The molecule has 4 aliphatic carbocycles. The Balaban J connectivity index is 1.40. The summed E-state index contributed by atoms with van der Waals surface area (Å²) < 4.78 is 5.27. The van der Waals surface area contributed by atoms with Gasteiger partial charge in [-0.1, -0.05) is 65.5 Å². The molecule has 0 aromatic heterocycles. The highest BCUT2D eigenvalue weighted by Crippen LogP contribution is 2.67. The van der Waals surface area contributed by atoms with Crippen LogP contribution in [0.5, 0.6) is 0 Å². The number of esters is 1. The molecule has 4 rings (SSSR count).